The maximum atomic E-state index is 10.8. The lowest BCUT2D eigenvalue weighted by Crippen LogP contribution is -2.35. The first kappa shape index (κ1) is 10.9. The first-order chi connectivity index (χ1) is 7.75. The number of anilines is 1. The van der Waals surface area contributed by atoms with Crippen molar-refractivity contribution in [1.29, 1.82) is 0 Å². The van der Waals surface area contributed by atoms with Crippen LogP contribution in [0.15, 0.2) is 24.4 Å². The standard InChI is InChI=1S/C12H17N3O/c13-11(16)9-10-4-7-15(8-5-10)12-3-1-2-6-14-12/h1-3,6,10H,4-5,7-9H2,(H2,13,16). The molecule has 0 saturated carbocycles. The molecule has 0 aliphatic carbocycles. The number of rotatable bonds is 3. The zero-order valence-corrected chi connectivity index (χ0v) is 9.30. The van der Waals surface area contributed by atoms with Crippen molar-refractivity contribution in [3.8, 4) is 0 Å². The summed E-state index contributed by atoms with van der Waals surface area (Å²) < 4.78 is 0. The molecule has 4 heteroatoms. The average molecular weight is 219 g/mol. The summed E-state index contributed by atoms with van der Waals surface area (Å²) in [6.45, 7) is 1.93. The number of hydrogen-bond donors (Lipinski definition) is 1. The van der Waals surface area contributed by atoms with E-state index in [9.17, 15) is 4.79 Å². The Morgan fingerprint density at radius 3 is 2.75 bits per heavy atom. The number of amides is 1. The second-order valence-electron chi connectivity index (χ2n) is 4.29. The largest absolute Gasteiger partial charge is 0.370 e. The maximum absolute atomic E-state index is 10.8. The van der Waals surface area contributed by atoms with Crippen LogP contribution in [0, 0.1) is 5.92 Å². The molecule has 1 saturated heterocycles. The molecule has 16 heavy (non-hydrogen) atoms. The van der Waals surface area contributed by atoms with Crippen LogP contribution in [0.3, 0.4) is 0 Å². The molecule has 1 aliphatic rings. The van der Waals surface area contributed by atoms with Gasteiger partial charge in [0, 0.05) is 25.7 Å². The van der Waals surface area contributed by atoms with Gasteiger partial charge >= 0.3 is 0 Å². The number of carbonyl (C=O) groups excluding carboxylic acids is 1. The number of hydrogen-bond acceptors (Lipinski definition) is 3. The Bertz CT molecular complexity index is 345. The maximum Gasteiger partial charge on any atom is 0.217 e. The molecule has 1 aromatic rings. The van der Waals surface area contributed by atoms with Crippen molar-refractivity contribution in [1.82, 2.24) is 4.98 Å². The van der Waals surface area contributed by atoms with Crippen molar-refractivity contribution < 1.29 is 4.79 Å². The minimum atomic E-state index is -0.184. The van der Waals surface area contributed by atoms with Gasteiger partial charge in [0.15, 0.2) is 0 Å². The van der Waals surface area contributed by atoms with E-state index < -0.39 is 0 Å². The first-order valence-corrected chi connectivity index (χ1v) is 5.70. The Morgan fingerprint density at radius 1 is 1.44 bits per heavy atom. The highest BCUT2D eigenvalue weighted by atomic mass is 16.1. The minimum absolute atomic E-state index is 0.184. The van der Waals surface area contributed by atoms with Gasteiger partial charge in [-0.25, -0.2) is 4.98 Å². The van der Waals surface area contributed by atoms with Crippen molar-refractivity contribution in [3.05, 3.63) is 24.4 Å². The molecule has 2 heterocycles. The second-order valence-corrected chi connectivity index (χ2v) is 4.29. The van der Waals surface area contributed by atoms with Crippen molar-refractivity contribution in [2.75, 3.05) is 18.0 Å². The summed E-state index contributed by atoms with van der Waals surface area (Å²) in [5.41, 5.74) is 5.20. The lowest BCUT2D eigenvalue weighted by molar-refractivity contribution is -0.119. The zero-order chi connectivity index (χ0) is 11.4. The predicted octanol–water partition coefficient (Wildman–Crippen LogP) is 1.17. The average Bonchev–Trinajstić information content (AvgIpc) is 2.30. The quantitative estimate of drug-likeness (QED) is 0.830. The molecule has 0 spiro atoms. The first-order valence-electron chi connectivity index (χ1n) is 5.70. The number of nitrogens with zero attached hydrogens (tertiary/aromatic N) is 2. The van der Waals surface area contributed by atoms with Gasteiger partial charge in [0.1, 0.15) is 5.82 Å². The van der Waals surface area contributed by atoms with E-state index in [1.807, 2.05) is 24.4 Å². The summed E-state index contributed by atoms with van der Waals surface area (Å²) in [5.74, 6) is 1.30. The van der Waals surface area contributed by atoms with Crippen LogP contribution in [0.1, 0.15) is 19.3 Å². The van der Waals surface area contributed by atoms with E-state index in [-0.39, 0.29) is 5.91 Å². The summed E-state index contributed by atoms with van der Waals surface area (Å²) in [7, 11) is 0. The topological polar surface area (TPSA) is 59.2 Å². The van der Waals surface area contributed by atoms with E-state index in [0.29, 0.717) is 12.3 Å². The highest BCUT2D eigenvalue weighted by Crippen LogP contribution is 2.23. The molecule has 1 aromatic heterocycles. The molecular formula is C12H17N3O. The molecule has 1 amide bonds. The summed E-state index contributed by atoms with van der Waals surface area (Å²) in [6, 6.07) is 5.94. The highest BCUT2D eigenvalue weighted by Gasteiger charge is 2.21. The van der Waals surface area contributed by atoms with E-state index in [1.165, 1.54) is 0 Å². The molecule has 0 atom stereocenters. The molecule has 86 valence electrons. The lowest BCUT2D eigenvalue weighted by Gasteiger charge is -2.32. The van der Waals surface area contributed by atoms with Gasteiger partial charge in [0.2, 0.25) is 5.91 Å². The SMILES string of the molecule is NC(=O)CC1CCN(c2ccccn2)CC1. The normalized spacial score (nSPS) is 17.4. The van der Waals surface area contributed by atoms with Crippen molar-refractivity contribution in [3.63, 3.8) is 0 Å². The van der Waals surface area contributed by atoms with Gasteiger partial charge in [-0.3, -0.25) is 4.79 Å². The number of aromatic nitrogens is 1. The molecule has 4 nitrogen and oxygen atoms in total. The van der Waals surface area contributed by atoms with Crippen LogP contribution in [0.5, 0.6) is 0 Å². The third-order valence-electron chi connectivity index (χ3n) is 3.08. The number of piperidine rings is 1. The Labute approximate surface area is 95.5 Å². The van der Waals surface area contributed by atoms with Crippen LogP contribution in [0.25, 0.3) is 0 Å². The molecule has 0 aromatic carbocycles. The molecule has 2 rings (SSSR count). The third-order valence-corrected chi connectivity index (χ3v) is 3.08. The third kappa shape index (κ3) is 2.72. The number of nitrogens with two attached hydrogens (primary N) is 1. The van der Waals surface area contributed by atoms with Crippen LogP contribution < -0.4 is 10.6 Å². The van der Waals surface area contributed by atoms with Crippen LogP contribution in [-0.2, 0) is 4.79 Å². The monoisotopic (exact) mass is 219 g/mol. The molecule has 0 unspecified atom stereocenters. The highest BCUT2D eigenvalue weighted by molar-refractivity contribution is 5.74. The van der Waals surface area contributed by atoms with Crippen molar-refractivity contribution in [2.45, 2.75) is 19.3 Å². The van der Waals surface area contributed by atoms with E-state index in [1.54, 1.807) is 0 Å². The number of primary amides is 1. The van der Waals surface area contributed by atoms with Crippen molar-refractivity contribution in [2.24, 2.45) is 11.7 Å². The van der Waals surface area contributed by atoms with E-state index in [4.69, 9.17) is 5.73 Å². The van der Waals surface area contributed by atoms with Gasteiger partial charge in [-0.05, 0) is 30.9 Å². The molecule has 0 bridgehead atoms. The fourth-order valence-corrected chi connectivity index (χ4v) is 2.19. The zero-order valence-electron chi connectivity index (χ0n) is 9.30. The second kappa shape index (κ2) is 4.96. The van der Waals surface area contributed by atoms with Crippen LogP contribution in [0.2, 0.25) is 0 Å². The van der Waals surface area contributed by atoms with E-state index >= 15 is 0 Å². The van der Waals surface area contributed by atoms with Crippen LogP contribution in [0.4, 0.5) is 5.82 Å². The Morgan fingerprint density at radius 2 is 2.19 bits per heavy atom. The Balaban J connectivity index is 1.88. The fraction of sp³-hybridized carbons (Fsp3) is 0.500. The Hall–Kier alpha value is -1.58. The summed E-state index contributed by atoms with van der Waals surface area (Å²) in [5, 5.41) is 0. The van der Waals surface area contributed by atoms with Gasteiger partial charge < -0.3 is 10.6 Å². The van der Waals surface area contributed by atoms with Gasteiger partial charge in [-0.2, -0.15) is 0 Å². The summed E-state index contributed by atoms with van der Waals surface area (Å²) in [4.78, 5) is 17.4. The van der Waals surface area contributed by atoms with Crippen LogP contribution >= 0.6 is 0 Å². The van der Waals surface area contributed by atoms with Crippen molar-refractivity contribution >= 4 is 11.7 Å². The molecule has 2 N–H and O–H groups in total. The lowest BCUT2D eigenvalue weighted by atomic mass is 9.93. The fourth-order valence-electron chi connectivity index (χ4n) is 2.19. The summed E-state index contributed by atoms with van der Waals surface area (Å²) >= 11 is 0. The number of carbonyl (C=O) groups is 1. The van der Waals surface area contributed by atoms with E-state index in [2.05, 4.69) is 9.88 Å². The molecule has 0 radical (unpaired) electrons. The number of pyridine rings is 1. The predicted molar refractivity (Wildman–Crippen MR) is 63.0 cm³/mol. The molecule has 1 fully saturated rings. The Kier molecular flexibility index (Phi) is 3.39. The minimum Gasteiger partial charge on any atom is -0.370 e. The summed E-state index contributed by atoms with van der Waals surface area (Å²) in [6.07, 6.45) is 4.39. The smallest absolute Gasteiger partial charge is 0.217 e. The molecular weight excluding hydrogens is 202 g/mol. The van der Waals surface area contributed by atoms with E-state index in [0.717, 1.165) is 31.7 Å². The van der Waals surface area contributed by atoms with Gasteiger partial charge in [-0.15, -0.1) is 0 Å². The van der Waals surface area contributed by atoms with Gasteiger partial charge in [-0.1, -0.05) is 6.07 Å². The van der Waals surface area contributed by atoms with Crippen LogP contribution in [-0.4, -0.2) is 24.0 Å². The van der Waals surface area contributed by atoms with Gasteiger partial charge in [0.05, 0.1) is 0 Å². The molecule has 1 aliphatic heterocycles. The van der Waals surface area contributed by atoms with Gasteiger partial charge in [0.25, 0.3) is 0 Å².